The first-order valence-electron chi connectivity index (χ1n) is 4.84. The number of hydrogen-bond acceptors (Lipinski definition) is 1. The van der Waals surface area contributed by atoms with Crippen LogP contribution in [0.4, 0.5) is 0 Å². The van der Waals surface area contributed by atoms with Crippen molar-refractivity contribution in [2.75, 3.05) is 5.33 Å². The van der Waals surface area contributed by atoms with Crippen molar-refractivity contribution < 1.29 is 4.79 Å². The number of ketones is 1. The predicted molar refractivity (Wildman–Crippen MR) is 71.3 cm³/mol. The monoisotopic (exact) mass is 332 g/mol. The van der Waals surface area contributed by atoms with Gasteiger partial charge in [-0.25, -0.2) is 0 Å². The molecule has 3 heteroatoms. The van der Waals surface area contributed by atoms with Crippen molar-refractivity contribution in [2.45, 2.75) is 24.6 Å². The first-order valence-corrected chi connectivity index (χ1v) is 6.75. The van der Waals surface area contributed by atoms with E-state index >= 15 is 0 Å². The summed E-state index contributed by atoms with van der Waals surface area (Å²) < 4.78 is -0.482. The molecule has 0 saturated carbocycles. The van der Waals surface area contributed by atoms with E-state index in [2.05, 4.69) is 31.9 Å². The molecule has 0 unspecified atom stereocenters. The average molecular weight is 334 g/mol. The van der Waals surface area contributed by atoms with Gasteiger partial charge in [-0.3, -0.25) is 4.79 Å². The largest absolute Gasteiger partial charge is 0.293 e. The zero-order valence-electron chi connectivity index (χ0n) is 8.89. The van der Waals surface area contributed by atoms with Gasteiger partial charge in [0.25, 0.3) is 0 Å². The maximum absolute atomic E-state index is 11.9. The molecule has 15 heavy (non-hydrogen) atoms. The molecule has 1 rings (SSSR count). The highest BCUT2D eigenvalue weighted by atomic mass is 79.9. The van der Waals surface area contributed by atoms with Crippen LogP contribution in [-0.2, 0) is 6.42 Å². The van der Waals surface area contributed by atoms with Gasteiger partial charge in [0.15, 0.2) is 5.78 Å². The summed E-state index contributed by atoms with van der Waals surface area (Å²) in [5, 5.41) is 0.949. The smallest absolute Gasteiger partial charge is 0.178 e. The van der Waals surface area contributed by atoms with Gasteiger partial charge in [-0.2, -0.15) is 0 Å². The topological polar surface area (TPSA) is 17.1 Å². The number of alkyl halides is 2. The zero-order valence-corrected chi connectivity index (χ0v) is 12.1. The number of Topliss-reactive ketones (excluding diaryl/α,β-unsaturated/α-hetero) is 1. The Labute approximate surface area is 108 Å². The Hall–Kier alpha value is -0.150. The Kier molecular flexibility index (Phi) is 4.53. The third-order valence-electron chi connectivity index (χ3n) is 2.14. The van der Waals surface area contributed by atoms with Crippen molar-refractivity contribution in [1.29, 1.82) is 0 Å². The van der Waals surface area contributed by atoms with Crippen LogP contribution in [0.15, 0.2) is 24.3 Å². The summed E-state index contributed by atoms with van der Waals surface area (Å²) >= 11 is 6.76. The Balaban J connectivity index is 2.85. The second-order valence-corrected chi connectivity index (χ2v) is 6.71. The van der Waals surface area contributed by atoms with Gasteiger partial charge in [0.1, 0.15) is 0 Å². The summed E-state index contributed by atoms with van der Waals surface area (Å²) in [5.74, 6) is 0.118. The summed E-state index contributed by atoms with van der Waals surface area (Å²) in [7, 11) is 0. The highest BCUT2D eigenvalue weighted by molar-refractivity contribution is 9.10. The van der Waals surface area contributed by atoms with Crippen molar-refractivity contribution in [2.24, 2.45) is 0 Å². The van der Waals surface area contributed by atoms with E-state index in [1.807, 2.05) is 38.1 Å². The van der Waals surface area contributed by atoms with Gasteiger partial charge in [-0.05, 0) is 25.8 Å². The lowest BCUT2D eigenvalue weighted by Gasteiger charge is -2.14. The molecule has 1 nitrogen and oxygen atoms in total. The van der Waals surface area contributed by atoms with E-state index in [4.69, 9.17) is 0 Å². The average Bonchev–Trinajstić information content (AvgIpc) is 2.17. The van der Waals surface area contributed by atoms with Gasteiger partial charge in [-0.15, -0.1) is 0 Å². The molecule has 0 radical (unpaired) electrons. The predicted octanol–water partition coefficient (Wildman–Crippen LogP) is 3.98. The van der Waals surface area contributed by atoms with Gasteiger partial charge >= 0.3 is 0 Å². The first kappa shape index (κ1) is 12.9. The van der Waals surface area contributed by atoms with Crippen molar-refractivity contribution in [1.82, 2.24) is 0 Å². The van der Waals surface area contributed by atoms with Crippen LogP contribution in [-0.4, -0.2) is 15.4 Å². The van der Waals surface area contributed by atoms with Crippen LogP contribution in [0.25, 0.3) is 0 Å². The lowest BCUT2D eigenvalue weighted by Crippen LogP contribution is -2.23. The number of rotatable bonds is 4. The maximum Gasteiger partial charge on any atom is 0.178 e. The highest BCUT2D eigenvalue weighted by Gasteiger charge is 2.24. The second kappa shape index (κ2) is 5.26. The third kappa shape index (κ3) is 3.72. The van der Waals surface area contributed by atoms with Gasteiger partial charge in [0, 0.05) is 10.9 Å². The molecule has 0 amide bonds. The number of hydrogen-bond donors (Lipinski definition) is 0. The van der Waals surface area contributed by atoms with E-state index in [-0.39, 0.29) is 5.78 Å². The molecule has 0 heterocycles. The van der Waals surface area contributed by atoms with Crippen LogP contribution < -0.4 is 0 Å². The van der Waals surface area contributed by atoms with E-state index in [1.54, 1.807) is 0 Å². The lowest BCUT2D eigenvalue weighted by atomic mass is 9.99. The fourth-order valence-corrected chi connectivity index (χ4v) is 1.96. The normalized spacial score (nSPS) is 11.5. The quantitative estimate of drug-likeness (QED) is 0.601. The SMILES string of the molecule is CC(C)(Br)C(=O)c1ccc(CCBr)cc1. The Morgan fingerprint density at radius 2 is 1.80 bits per heavy atom. The summed E-state index contributed by atoms with van der Waals surface area (Å²) in [6.07, 6.45) is 0.992. The molecule has 0 bridgehead atoms. The lowest BCUT2D eigenvalue weighted by molar-refractivity contribution is 0.0961. The third-order valence-corrected chi connectivity index (χ3v) is 2.90. The minimum atomic E-state index is -0.482. The molecule has 0 fully saturated rings. The van der Waals surface area contributed by atoms with E-state index < -0.39 is 4.32 Å². The van der Waals surface area contributed by atoms with Crippen LogP contribution in [0.1, 0.15) is 29.8 Å². The molecule has 0 spiro atoms. The number of carbonyl (C=O) groups is 1. The molecule has 1 aromatic carbocycles. The summed E-state index contributed by atoms with van der Waals surface area (Å²) in [5.41, 5.74) is 2.01. The molecular formula is C12H14Br2O. The van der Waals surface area contributed by atoms with Crippen LogP contribution in [0, 0.1) is 0 Å². The zero-order chi connectivity index (χ0) is 11.5. The fraction of sp³-hybridized carbons (Fsp3) is 0.417. The Bertz CT molecular complexity index is 336. The molecule has 0 aliphatic carbocycles. The Morgan fingerprint density at radius 3 is 2.20 bits per heavy atom. The van der Waals surface area contributed by atoms with E-state index in [9.17, 15) is 4.79 Å². The van der Waals surface area contributed by atoms with Crippen LogP contribution in [0.2, 0.25) is 0 Å². The minimum absolute atomic E-state index is 0.118. The number of carbonyl (C=O) groups excluding carboxylic acids is 1. The second-order valence-electron chi connectivity index (χ2n) is 3.94. The molecular weight excluding hydrogens is 320 g/mol. The van der Waals surface area contributed by atoms with Gasteiger partial charge in [0.05, 0.1) is 4.32 Å². The molecule has 0 aliphatic heterocycles. The molecule has 82 valence electrons. The maximum atomic E-state index is 11.9. The molecule has 0 N–H and O–H groups in total. The van der Waals surface area contributed by atoms with E-state index in [1.165, 1.54) is 5.56 Å². The van der Waals surface area contributed by atoms with Crippen molar-refractivity contribution in [3.8, 4) is 0 Å². The van der Waals surface area contributed by atoms with Crippen LogP contribution in [0.3, 0.4) is 0 Å². The number of benzene rings is 1. The van der Waals surface area contributed by atoms with E-state index in [0.29, 0.717) is 0 Å². The van der Waals surface area contributed by atoms with Gasteiger partial charge < -0.3 is 0 Å². The number of halogens is 2. The summed E-state index contributed by atoms with van der Waals surface area (Å²) in [6.45, 7) is 3.73. The summed E-state index contributed by atoms with van der Waals surface area (Å²) in [6, 6.07) is 7.80. The van der Waals surface area contributed by atoms with Gasteiger partial charge in [0.2, 0.25) is 0 Å². The van der Waals surface area contributed by atoms with Crippen LogP contribution >= 0.6 is 31.9 Å². The molecule has 0 atom stereocenters. The van der Waals surface area contributed by atoms with Crippen LogP contribution in [0.5, 0.6) is 0 Å². The van der Waals surface area contributed by atoms with Crippen molar-refractivity contribution in [3.05, 3.63) is 35.4 Å². The fourth-order valence-electron chi connectivity index (χ4n) is 1.28. The molecule has 0 aromatic heterocycles. The first-order chi connectivity index (χ1) is 6.95. The van der Waals surface area contributed by atoms with Crippen molar-refractivity contribution in [3.63, 3.8) is 0 Å². The summed E-state index contributed by atoms with van der Waals surface area (Å²) in [4.78, 5) is 11.9. The Morgan fingerprint density at radius 1 is 1.27 bits per heavy atom. The molecule has 1 aromatic rings. The van der Waals surface area contributed by atoms with E-state index in [0.717, 1.165) is 17.3 Å². The highest BCUT2D eigenvalue weighted by Crippen LogP contribution is 2.22. The molecule has 0 aliphatic rings. The van der Waals surface area contributed by atoms with Gasteiger partial charge in [-0.1, -0.05) is 56.1 Å². The minimum Gasteiger partial charge on any atom is -0.293 e. The van der Waals surface area contributed by atoms with Crippen molar-refractivity contribution >= 4 is 37.6 Å². The standard InChI is InChI=1S/C12H14Br2O/c1-12(2,14)11(15)10-5-3-9(4-6-10)7-8-13/h3-6H,7-8H2,1-2H3. The number of aryl methyl sites for hydroxylation is 1. The molecule has 0 saturated heterocycles.